The molecule has 94 valence electrons. The van der Waals surface area contributed by atoms with Crippen molar-refractivity contribution in [2.75, 3.05) is 0 Å². The normalized spacial score (nSPS) is 11.3. The number of hydrogen-bond acceptors (Lipinski definition) is 2. The van der Waals surface area contributed by atoms with Crippen LogP contribution in [0.1, 0.15) is 24.3 Å². The number of nitrogens with zero attached hydrogens (tertiary/aromatic N) is 1. The van der Waals surface area contributed by atoms with Crippen LogP contribution in [0.4, 0.5) is 5.69 Å². The van der Waals surface area contributed by atoms with Gasteiger partial charge in [-0.05, 0) is 17.7 Å². The molecule has 0 aliphatic heterocycles. The van der Waals surface area contributed by atoms with Crippen molar-refractivity contribution in [3.05, 3.63) is 29.8 Å². The number of aliphatic imine (C=N–C) groups is 1. The lowest BCUT2D eigenvalue weighted by molar-refractivity contribution is -0.137. The standard InChI is InChI=1S/C13H15N3O2/c1-2-3-10(8-12(17)18)9-4-6-11(7-5-9)16-13(14)15/h1,4-7,10H,3,8H2,(H,17,18)(H4,14,15,16). The van der Waals surface area contributed by atoms with Crippen LogP contribution in [-0.2, 0) is 4.79 Å². The molecule has 0 radical (unpaired) electrons. The van der Waals surface area contributed by atoms with E-state index in [0.717, 1.165) is 5.56 Å². The van der Waals surface area contributed by atoms with Crippen LogP contribution in [0.3, 0.4) is 0 Å². The molecule has 0 aromatic heterocycles. The van der Waals surface area contributed by atoms with Crippen LogP contribution in [0.5, 0.6) is 0 Å². The molecule has 0 fully saturated rings. The van der Waals surface area contributed by atoms with E-state index in [-0.39, 0.29) is 18.3 Å². The zero-order chi connectivity index (χ0) is 13.5. The van der Waals surface area contributed by atoms with Crippen molar-refractivity contribution in [2.24, 2.45) is 16.5 Å². The van der Waals surface area contributed by atoms with Gasteiger partial charge in [0, 0.05) is 12.3 Å². The fraction of sp³-hybridized carbons (Fsp3) is 0.231. The van der Waals surface area contributed by atoms with Gasteiger partial charge < -0.3 is 16.6 Å². The van der Waals surface area contributed by atoms with Crippen LogP contribution in [0.25, 0.3) is 0 Å². The second kappa shape index (κ2) is 6.30. The van der Waals surface area contributed by atoms with E-state index in [1.807, 2.05) is 0 Å². The largest absolute Gasteiger partial charge is 0.481 e. The van der Waals surface area contributed by atoms with Gasteiger partial charge in [-0.1, -0.05) is 12.1 Å². The van der Waals surface area contributed by atoms with Crippen molar-refractivity contribution in [2.45, 2.75) is 18.8 Å². The van der Waals surface area contributed by atoms with Crippen molar-refractivity contribution in [1.82, 2.24) is 0 Å². The molecule has 0 aliphatic rings. The highest BCUT2D eigenvalue weighted by atomic mass is 16.4. The molecule has 18 heavy (non-hydrogen) atoms. The number of benzene rings is 1. The number of carboxylic acids is 1. The molecule has 0 aliphatic carbocycles. The minimum absolute atomic E-state index is 0.00580. The highest BCUT2D eigenvalue weighted by Crippen LogP contribution is 2.25. The average Bonchev–Trinajstić information content (AvgIpc) is 2.28. The second-order valence-corrected chi connectivity index (χ2v) is 3.83. The molecule has 5 heteroatoms. The van der Waals surface area contributed by atoms with Crippen molar-refractivity contribution in [3.8, 4) is 12.3 Å². The number of terminal acetylenes is 1. The highest BCUT2D eigenvalue weighted by Gasteiger charge is 2.14. The molecule has 1 rings (SSSR count). The third-order valence-corrected chi connectivity index (χ3v) is 2.41. The summed E-state index contributed by atoms with van der Waals surface area (Å²) in [5, 5.41) is 8.82. The predicted octanol–water partition coefficient (Wildman–Crippen LogP) is 1.17. The van der Waals surface area contributed by atoms with Gasteiger partial charge in [-0.2, -0.15) is 0 Å². The third-order valence-electron chi connectivity index (χ3n) is 2.41. The van der Waals surface area contributed by atoms with Gasteiger partial charge in [-0.15, -0.1) is 12.3 Å². The summed E-state index contributed by atoms with van der Waals surface area (Å²) in [6.45, 7) is 0. The van der Waals surface area contributed by atoms with E-state index in [4.69, 9.17) is 23.0 Å². The van der Waals surface area contributed by atoms with Gasteiger partial charge in [0.2, 0.25) is 0 Å². The Balaban J connectivity index is 2.90. The van der Waals surface area contributed by atoms with Crippen molar-refractivity contribution in [1.29, 1.82) is 0 Å². The SMILES string of the molecule is C#CCC(CC(=O)O)c1ccc(N=C(N)N)cc1. The van der Waals surface area contributed by atoms with Crippen molar-refractivity contribution >= 4 is 17.6 Å². The lowest BCUT2D eigenvalue weighted by atomic mass is 9.93. The molecule has 1 aromatic rings. The minimum Gasteiger partial charge on any atom is -0.481 e. The molecule has 5 nitrogen and oxygen atoms in total. The van der Waals surface area contributed by atoms with Gasteiger partial charge in [-0.25, -0.2) is 4.99 Å². The third kappa shape index (κ3) is 4.18. The Bertz CT molecular complexity index is 482. The Morgan fingerprint density at radius 1 is 1.39 bits per heavy atom. The van der Waals surface area contributed by atoms with Crippen LogP contribution >= 0.6 is 0 Å². The van der Waals surface area contributed by atoms with Crippen LogP contribution in [0.15, 0.2) is 29.3 Å². The number of nitrogens with two attached hydrogens (primary N) is 2. The summed E-state index contributed by atoms with van der Waals surface area (Å²) in [6, 6.07) is 7.01. The smallest absolute Gasteiger partial charge is 0.303 e. The topological polar surface area (TPSA) is 102 Å². The zero-order valence-electron chi connectivity index (χ0n) is 9.84. The first-order valence-electron chi connectivity index (χ1n) is 5.37. The van der Waals surface area contributed by atoms with Crippen molar-refractivity contribution < 1.29 is 9.90 Å². The van der Waals surface area contributed by atoms with E-state index in [1.54, 1.807) is 24.3 Å². The number of carboxylic acid groups (broad SMARTS) is 1. The number of carbonyl (C=O) groups is 1. The van der Waals surface area contributed by atoms with E-state index in [1.165, 1.54) is 0 Å². The Hall–Kier alpha value is -2.48. The number of guanidine groups is 1. The van der Waals surface area contributed by atoms with Gasteiger partial charge in [0.1, 0.15) is 0 Å². The quantitative estimate of drug-likeness (QED) is 0.411. The van der Waals surface area contributed by atoms with Crippen LogP contribution in [-0.4, -0.2) is 17.0 Å². The molecule has 5 N–H and O–H groups in total. The fourth-order valence-corrected chi connectivity index (χ4v) is 1.63. The zero-order valence-corrected chi connectivity index (χ0v) is 9.84. The van der Waals surface area contributed by atoms with Crippen LogP contribution in [0.2, 0.25) is 0 Å². The Morgan fingerprint density at radius 2 is 2.00 bits per heavy atom. The Labute approximate surface area is 106 Å². The molecular weight excluding hydrogens is 230 g/mol. The summed E-state index contributed by atoms with van der Waals surface area (Å²) in [6.07, 6.45) is 5.63. The van der Waals surface area contributed by atoms with E-state index in [9.17, 15) is 4.79 Å². The maximum Gasteiger partial charge on any atom is 0.303 e. The molecule has 0 bridgehead atoms. The maximum atomic E-state index is 10.7. The maximum absolute atomic E-state index is 10.7. The minimum atomic E-state index is -0.872. The van der Waals surface area contributed by atoms with Gasteiger partial charge in [0.25, 0.3) is 0 Å². The molecule has 0 spiro atoms. The van der Waals surface area contributed by atoms with E-state index in [2.05, 4.69) is 10.9 Å². The number of hydrogen-bond donors (Lipinski definition) is 3. The van der Waals surface area contributed by atoms with E-state index in [0.29, 0.717) is 12.1 Å². The van der Waals surface area contributed by atoms with E-state index >= 15 is 0 Å². The molecular formula is C13H15N3O2. The first kappa shape index (κ1) is 13.6. The molecule has 0 saturated heterocycles. The predicted molar refractivity (Wildman–Crippen MR) is 70.4 cm³/mol. The van der Waals surface area contributed by atoms with Crippen LogP contribution in [0, 0.1) is 12.3 Å². The van der Waals surface area contributed by atoms with Gasteiger partial charge in [0.05, 0.1) is 12.1 Å². The molecule has 0 saturated carbocycles. The summed E-state index contributed by atoms with van der Waals surface area (Å²) in [5.74, 6) is 1.40. The fourth-order valence-electron chi connectivity index (χ4n) is 1.63. The first-order chi connectivity index (χ1) is 8.52. The molecule has 1 atom stereocenters. The summed E-state index contributed by atoms with van der Waals surface area (Å²) < 4.78 is 0. The van der Waals surface area contributed by atoms with E-state index < -0.39 is 5.97 Å². The number of aliphatic carboxylic acids is 1. The second-order valence-electron chi connectivity index (χ2n) is 3.83. The molecule has 1 unspecified atom stereocenters. The lowest BCUT2D eigenvalue weighted by Gasteiger charge is -2.12. The summed E-state index contributed by atoms with van der Waals surface area (Å²) in [7, 11) is 0. The summed E-state index contributed by atoms with van der Waals surface area (Å²) >= 11 is 0. The Kier molecular flexibility index (Phi) is 4.76. The number of rotatable bonds is 5. The first-order valence-corrected chi connectivity index (χ1v) is 5.37. The lowest BCUT2D eigenvalue weighted by Crippen LogP contribution is -2.21. The van der Waals surface area contributed by atoms with Gasteiger partial charge in [-0.3, -0.25) is 4.79 Å². The summed E-state index contributed by atoms with van der Waals surface area (Å²) in [4.78, 5) is 14.6. The van der Waals surface area contributed by atoms with Gasteiger partial charge >= 0.3 is 5.97 Å². The molecule has 0 amide bonds. The Morgan fingerprint density at radius 3 is 2.44 bits per heavy atom. The van der Waals surface area contributed by atoms with Crippen LogP contribution < -0.4 is 11.5 Å². The average molecular weight is 245 g/mol. The summed E-state index contributed by atoms with van der Waals surface area (Å²) in [5.41, 5.74) is 12.0. The molecule has 1 aromatic carbocycles. The molecule has 0 heterocycles. The van der Waals surface area contributed by atoms with Gasteiger partial charge in [0.15, 0.2) is 5.96 Å². The highest BCUT2D eigenvalue weighted by molar-refractivity contribution is 5.79. The monoisotopic (exact) mass is 245 g/mol. The van der Waals surface area contributed by atoms with Crippen molar-refractivity contribution in [3.63, 3.8) is 0 Å².